The van der Waals surface area contributed by atoms with Crippen LogP contribution >= 0.6 is 0 Å². The molecule has 1 heterocycles. The summed E-state index contributed by atoms with van der Waals surface area (Å²) >= 11 is 0. The molecule has 2 heteroatoms. The van der Waals surface area contributed by atoms with E-state index in [1.807, 2.05) is 0 Å². The molecule has 1 aliphatic heterocycles. The summed E-state index contributed by atoms with van der Waals surface area (Å²) in [5.74, 6) is 0. The van der Waals surface area contributed by atoms with Gasteiger partial charge < -0.3 is 10.6 Å². The van der Waals surface area contributed by atoms with Crippen LogP contribution in [0, 0.1) is 0 Å². The topological polar surface area (TPSA) is 24.1 Å². The summed E-state index contributed by atoms with van der Waals surface area (Å²) < 4.78 is 0. The van der Waals surface area contributed by atoms with E-state index >= 15 is 0 Å². The van der Waals surface area contributed by atoms with E-state index in [4.69, 9.17) is 0 Å². The summed E-state index contributed by atoms with van der Waals surface area (Å²) in [5.41, 5.74) is 0. The number of hydrogen-bond acceptors (Lipinski definition) is 2. The third-order valence-electron chi connectivity index (χ3n) is 3.37. The van der Waals surface area contributed by atoms with Crippen LogP contribution in [-0.2, 0) is 0 Å². The van der Waals surface area contributed by atoms with Crippen molar-refractivity contribution in [3.05, 3.63) is 0 Å². The van der Waals surface area contributed by atoms with Gasteiger partial charge in [-0.05, 0) is 32.2 Å². The molecule has 0 spiro atoms. The van der Waals surface area contributed by atoms with Gasteiger partial charge in [0.25, 0.3) is 0 Å². The van der Waals surface area contributed by atoms with Gasteiger partial charge in [-0.2, -0.15) is 0 Å². The minimum atomic E-state index is 0.755. The first-order chi connectivity index (χ1) is 6.45. The van der Waals surface area contributed by atoms with Gasteiger partial charge in [0.05, 0.1) is 0 Å². The van der Waals surface area contributed by atoms with Crippen LogP contribution in [-0.4, -0.2) is 25.2 Å². The van der Waals surface area contributed by atoms with Gasteiger partial charge in [0.1, 0.15) is 0 Å². The van der Waals surface area contributed by atoms with E-state index in [-0.39, 0.29) is 0 Å². The lowest BCUT2D eigenvalue weighted by atomic mass is 10.1. The Labute approximate surface area is 81.5 Å². The van der Waals surface area contributed by atoms with Crippen LogP contribution < -0.4 is 10.6 Å². The fraction of sp³-hybridized carbons (Fsp3) is 1.00. The molecule has 2 rings (SSSR count). The minimum absolute atomic E-state index is 0.755. The maximum absolute atomic E-state index is 3.80. The summed E-state index contributed by atoms with van der Waals surface area (Å²) in [6, 6.07) is 1.59. The van der Waals surface area contributed by atoms with Crippen molar-refractivity contribution in [2.45, 2.75) is 57.0 Å². The second kappa shape index (κ2) is 4.97. The normalized spacial score (nSPS) is 31.8. The van der Waals surface area contributed by atoms with Gasteiger partial charge in [-0.1, -0.05) is 19.3 Å². The van der Waals surface area contributed by atoms with Gasteiger partial charge >= 0.3 is 0 Å². The summed E-state index contributed by atoms with van der Waals surface area (Å²) in [5, 5.41) is 7.30. The molecule has 13 heavy (non-hydrogen) atoms. The Hall–Kier alpha value is -0.0800. The summed E-state index contributed by atoms with van der Waals surface area (Å²) in [4.78, 5) is 0. The number of hydrogen-bond donors (Lipinski definition) is 2. The Morgan fingerprint density at radius 3 is 2.38 bits per heavy atom. The van der Waals surface area contributed by atoms with Gasteiger partial charge in [-0.3, -0.25) is 0 Å². The zero-order chi connectivity index (χ0) is 8.93. The molecule has 0 bridgehead atoms. The maximum atomic E-state index is 3.80. The Morgan fingerprint density at radius 1 is 0.846 bits per heavy atom. The third-order valence-corrected chi connectivity index (χ3v) is 3.37. The fourth-order valence-corrected chi connectivity index (χ4v) is 2.59. The molecule has 0 aromatic heterocycles. The standard InChI is InChI=1S/C11H22N2/c1-2-6-10(5-1)13-11-7-3-4-8-12-9-11/h10-13H,1-9H2. The lowest BCUT2D eigenvalue weighted by Crippen LogP contribution is -2.42. The Morgan fingerprint density at radius 2 is 1.54 bits per heavy atom. The first-order valence-electron chi connectivity index (χ1n) is 5.92. The molecule has 1 aliphatic carbocycles. The van der Waals surface area contributed by atoms with Crippen LogP contribution in [0.5, 0.6) is 0 Å². The van der Waals surface area contributed by atoms with E-state index < -0.39 is 0 Å². The molecule has 0 aromatic rings. The van der Waals surface area contributed by atoms with E-state index in [1.54, 1.807) is 0 Å². The minimum Gasteiger partial charge on any atom is -0.315 e. The maximum Gasteiger partial charge on any atom is 0.0195 e. The third kappa shape index (κ3) is 2.96. The summed E-state index contributed by atoms with van der Waals surface area (Å²) in [7, 11) is 0. The van der Waals surface area contributed by atoms with E-state index in [0.717, 1.165) is 12.1 Å². The monoisotopic (exact) mass is 182 g/mol. The van der Waals surface area contributed by atoms with Crippen LogP contribution in [0.3, 0.4) is 0 Å². The molecule has 0 amide bonds. The van der Waals surface area contributed by atoms with Crippen molar-refractivity contribution in [3.63, 3.8) is 0 Å². The average Bonchev–Trinajstić information content (AvgIpc) is 2.49. The van der Waals surface area contributed by atoms with Gasteiger partial charge in [0.15, 0.2) is 0 Å². The van der Waals surface area contributed by atoms with Crippen molar-refractivity contribution in [2.24, 2.45) is 0 Å². The lowest BCUT2D eigenvalue weighted by Gasteiger charge is -2.21. The van der Waals surface area contributed by atoms with Gasteiger partial charge in [0, 0.05) is 18.6 Å². The Kier molecular flexibility index (Phi) is 3.62. The molecule has 2 aliphatic rings. The van der Waals surface area contributed by atoms with E-state index in [9.17, 15) is 0 Å². The van der Waals surface area contributed by atoms with Crippen LogP contribution in [0.15, 0.2) is 0 Å². The van der Waals surface area contributed by atoms with Crippen molar-refractivity contribution in [1.82, 2.24) is 10.6 Å². The zero-order valence-corrected chi connectivity index (χ0v) is 8.52. The highest BCUT2D eigenvalue weighted by molar-refractivity contribution is 4.81. The van der Waals surface area contributed by atoms with Crippen LogP contribution in [0.4, 0.5) is 0 Å². The summed E-state index contributed by atoms with van der Waals surface area (Å²) in [6.07, 6.45) is 9.85. The van der Waals surface area contributed by atoms with Crippen LogP contribution in [0.2, 0.25) is 0 Å². The second-order valence-corrected chi connectivity index (χ2v) is 4.54. The van der Waals surface area contributed by atoms with Crippen molar-refractivity contribution in [1.29, 1.82) is 0 Å². The quantitative estimate of drug-likeness (QED) is 0.678. The first kappa shape index (κ1) is 9.47. The van der Waals surface area contributed by atoms with E-state index in [2.05, 4.69) is 10.6 Å². The molecule has 2 N–H and O–H groups in total. The fourth-order valence-electron chi connectivity index (χ4n) is 2.59. The highest BCUT2D eigenvalue weighted by Crippen LogP contribution is 2.19. The number of nitrogens with one attached hydrogen (secondary N) is 2. The van der Waals surface area contributed by atoms with Crippen molar-refractivity contribution in [2.75, 3.05) is 13.1 Å². The molecule has 2 fully saturated rings. The molecule has 1 saturated heterocycles. The SMILES string of the molecule is C1CCC(NC2CCCC2)CNC1. The average molecular weight is 182 g/mol. The summed E-state index contributed by atoms with van der Waals surface area (Å²) in [6.45, 7) is 2.42. The smallest absolute Gasteiger partial charge is 0.0195 e. The van der Waals surface area contributed by atoms with Gasteiger partial charge in [-0.25, -0.2) is 0 Å². The molecule has 76 valence electrons. The number of rotatable bonds is 2. The molecule has 0 radical (unpaired) electrons. The van der Waals surface area contributed by atoms with Crippen LogP contribution in [0.25, 0.3) is 0 Å². The van der Waals surface area contributed by atoms with Crippen molar-refractivity contribution >= 4 is 0 Å². The van der Waals surface area contributed by atoms with Gasteiger partial charge in [-0.15, -0.1) is 0 Å². The molecule has 1 saturated carbocycles. The molecular weight excluding hydrogens is 160 g/mol. The van der Waals surface area contributed by atoms with Crippen molar-refractivity contribution < 1.29 is 0 Å². The Balaban J connectivity index is 1.71. The highest BCUT2D eigenvalue weighted by Gasteiger charge is 2.19. The van der Waals surface area contributed by atoms with Crippen molar-refractivity contribution in [3.8, 4) is 0 Å². The van der Waals surface area contributed by atoms with Crippen LogP contribution in [0.1, 0.15) is 44.9 Å². The molecular formula is C11H22N2. The molecule has 1 atom stereocenters. The Bertz CT molecular complexity index is 133. The highest BCUT2D eigenvalue weighted by atomic mass is 15.0. The lowest BCUT2D eigenvalue weighted by molar-refractivity contribution is 0.407. The van der Waals surface area contributed by atoms with Gasteiger partial charge in [0.2, 0.25) is 0 Å². The first-order valence-corrected chi connectivity index (χ1v) is 5.92. The zero-order valence-electron chi connectivity index (χ0n) is 8.52. The largest absolute Gasteiger partial charge is 0.315 e. The van der Waals surface area contributed by atoms with E-state index in [0.29, 0.717) is 0 Å². The molecule has 1 unspecified atom stereocenters. The molecule has 2 nitrogen and oxygen atoms in total. The second-order valence-electron chi connectivity index (χ2n) is 4.54. The predicted octanol–water partition coefficient (Wildman–Crippen LogP) is 1.66. The predicted molar refractivity (Wildman–Crippen MR) is 55.9 cm³/mol. The molecule has 0 aromatic carbocycles. The van der Waals surface area contributed by atoms with E-state index in [1.165, 1.54) is 58.0 Å².